The summed E-state index contributed by atoms with van der Waals surface area (Å²) in [6, 6.07) is 4.39. The van der Waals surface area contributed by atoms with E-state index in [4.69, 9.17) is 0 Å². The second kappa shape index (κ2) is 7.84. The Balaban J connectivity index is 1.35. The number of piperidine rings is 3. The summed E-state index contributed by atoms with van der Waals surface area (Å²) < 4.78 is 14.3. The van der Waals surface area contributed by atoms with Crippen LogP contribution in [-0.4, -0.2) is 65.0 Å². The minimum Gasteiger partial charge on any atom is -0.508 e. The number of halogens is 1. The number of benzene rings is 1. The van der Waals surface area contributed by atoms with E-state index in [1.54, 1.807) is 4.90 Å². The van der Waals surface area contributed by atoms with E-state index in [9.17, 15) is 19.1 Å². The van der Waals surface area contributed by atoms with Crippen molar-refractivity contribution >= 4 is 11.8 Å². The topological polar surface area (TPSA) is 72.9 Å². The highest BCUT2D eigenvalue weighted by Crippen LogP contribution is 2.41. The lowest BCUT2D eigenvalue weighted by atomic mass is 9.72. The van der Waals surface area contributed by atoms with Gasteiger partial charge in [0.25, 0.3) is 5.91 Å². The summed E-state index contributed by atoms with van der Waals surface area (Å²) in [4.78, 5) is 29.8. The molecule has 7 heteroatoms. The number of aromatic hydroxyl groups is 1. The van der Waals surface area contributed by atoms with E-state index in [-0.39, 0.29) is 41.0 Å². The van der Waals surface area contributed by atoms with Crippen LogP contribution >= 0.6 is 0 Å². The molecule has 2 N–H and O–H groups in total. The maximum Gasteiger partial charge on any atom is 0.256 e. The van der Waals surface area contributed by atoms with Crippen molar-refractivity contribution in [2.24, 2.45) is 17.8 Å². The van der Waals surface area contributed by atoms with Crippen LogP contribution in [0.3, 0.4) is 0 Å². The zero-order valence-electron chi connectivity index (χ0n) is 17.2. The van der Waals surface area contributed by atoms with Gasteiger partial charge in [0.15, 0.2) is 0 Å². The fourth-order valence-corrected chi connectivity index (χ4v) is 5.90. The summed E-state index contributed by atoms with van der Waals surface area (Å²) in [6.07, 6.45) is 6.56. The van der Waals surface area contributed by atoms with Gasteiger partial charge in [0.1, 0.15) is 11.6 Å². The largest absolute Gasteiger partial charge is 0.508 e. The number of nitrogens with zero attached hydrogens (tertiary/aromatic N) is 2. The first-order chi connectivity index (χ1) is 14.5. The molecule has 0 aromatic heterocycles. The van der Waals surface area contributed by atoms with E-state index in [1.807, 2.05) is 0 Å². The minimum absolute atomic E-state index is 0.0202. The first-order valence-electron chi connectivity index (χ1n) is 11.3. The maximum absolute atomic E-state index is 14.3. The van der Waals surface area contributed by atoms with Crippen LogP contribution in [0, 0.1) is 23.6 Å². The van der Waals surface area contributed by atoms with Crippen LogP contribution in [0.25, 0.3) is 0 Å². The van der Waals surface area contributed by atoms with Gasteiger partial charge in [-0.1, -0.05) is 6.42 Å². The van der Waals surface area contributed by atoms with E-state index in [2.05, 4.69) is 10.2 Å². The number of amides is 2. The van der Waals surface area contributed by atoms with Gasteiger partial charge in [0.05, 0.1) is 5.56 Å². The van der Waals surface area contributed by atoms with Gasteiger partial charge in [-0.3, -0.25) is 14.5 Å². The quantitative estimate of drug-likeness (QED) is 0.792. The van der Waals surface area contributed by atoms with Crippen molar-refractivity contribution in [1.29, 1.82) is 0 Å². The smallest absolute Gasteiger partial charge is 0.256 e. The minimum atomic E-state index is -0.678. The highest BCUT2D eigenvalue weighted by atomic mass is 19.1. The van der Waals surface area contributed by atoms with Gasteiger partial charge in [0, 0.05) is 43.7 Å². The lowest BCUT2D eigenvalue weighted by Gasteiger charge is -2.56. The van der Waals surface area contributed by atoms with Crippen molar-refractivity contribution in [3.05, 3.63) is 29.6 Å². The number of fused-ring (bicyclic) bond motifs is 4. The van der Waals surface area contributed by atoms with Gasteiger partial charge >= 0.3 is 0 Å². The van der Waals surface area contributed by atoms with Crippen LogP contribution in [0.1, 0.15) is 48.9 Å². The summed E-state index contributed by atoms with van der Waals surface area (Å²) in [7, 11) is 0. The Labute approximate surface area is 176 Å². The number of phenolic OH excluding ortho intramolecular Hbond substituents is 1. The third-order valence-corrected chi connectivity index (χ3v) is 7.53. The molecule has 0 unspecified atom stereocenters. The molecular formula is C23H30FN3O3. The highest BCUT2D eigenvalue weighted by molar-refractivity contribution is 5.94. The molecule has 3 aliphatic heterocycles. The molecule has 1 saturated carbocycles. The molecule has 1 aromatic rings. The number of hydrogen-bond acceptors (Lipinski definition) is 4. The Morgan fingerprint density at radius 2 is 1.93 bits per heavy atom. The van der Waals surface area contributed by atoms with Crippen molar-refractivity contribution in [2.75, 3.05) is 26.2 Å². The molecule has 162 valence electrons. The third kappa shape index (κ3) is 3.68. The Morgan fingerprint density at radius 1 is 1.13 bits per heavy atom. The predicted octanol–water partition coefficient (Wildman–Crippen LogP) is 2.37. The normalized spacial score (nSPS) is 31.2. The molecule has 4 fully saturated rings. The van der Waals surface area contributed by atoms with E-state index in [0.29, 0.717) is 31.6 Å². The number of carbonyl (C=O) groups is 2. The molecule has 5 rings (SSSR count). The second-order valence-electron chi connectivity index (χ2n) is 9.52. The molecule has 4 aliphatic rings. The zero-order valence-corrected chi connectivity index (χ0v) is 17.2. The van der Waals surface area contributed by atoms with Crippen molar-refractivity contribution in [3.63, 3.8) is 0 Å². The van der Waals surface area contributed by atoms with Gasteiger partial charge < -0.3 is 15.3 Å². The standard InChI is InChI=1S/C23H30FN3O3/c24-19-10-17(28)6-7-18(19)23(30)26-12-15-9-16(13-26)21(11-25-22(29)14-4-5-14)27-8-2-1-3-20(15)27/h6-7,10,14-16,20-21,28H,1-5,8-9,11-13H2,(H,25,29)/t15-,16+,20+,21+/m1/s1. The van der Waals surface area contributed by atoms with E-state index in [1.165, 1.54) is 25.0 Å². The van der Waals surface area contributed by atoms with Crippen LogP contribution in [0.2, 0.25) is 0 Å². The molecule has 1 aliphatic carbocycles. The van der Waals surface area contributed by atoms with Crippen molar-refractivity contribution in [1.82, 2.24) is 15.1 Å². The Hall–Kier alpha value is -2.15. The maximum atomic E-state index is 14.3. The molecule has 2 bridgehead atoms. The molecule has 30 heavy (non-hydrogen) atoms. The molecule has 0 spiro atoms. The van der Waals surface area contributed by atoms with Crippen LogP contribution < -0.4 is 5.32 Å². The summed E-state index contributed by atoms with van der Waals surface area (Å²) in [5, 5.41) is 12.6. The number of hydrogen-bond donors (Lipinski definition) is 2. The number of carbonyl (C=O) groups excluding carboxylic acids is 2. The van der Waals surface area contributed by atoms with Crippen LogP contribution in [0.5, 0.6) is 5.75 Å². The number of phenols is 1. The van der Waals surface area contributed by atoms with E-state index in [0.717, 1.165) is 38.3 Å². The highest BCUT2D eigenvalue weighted by Gasteiger charge is 2.48. The summed E-state index contributed by atoms with van der Waals surface area (Å²) in [5.41, 5.74) is 0.0202. The van der Waals surface area contributed by atoms with Crippen molar-refractivity contribution in [2.45, 2.75) is 50.6 Å². The predicted molar refractivity (Wildman–Crippen MR) is 109 cm³/mol. The van der Waals surface area contributed by atoms with Gasteiger partial charge in [-0.25, -0.2) is 4.39 Å². The molecule has 0 radical (unpaired) electrons. The number of nitrogens with one attached hydrogen (secondary N) is 1. The molecule has 2 amide bonds. The van der Waals surface area contributed by atoms with E-state index >= 15 is 0 Å². The summed E-state index contributed by atoms with van der Waals surface area (Å²) >= 11 is 0. The van der Waals surface area contributed by atoms with E-state index < -0.39 is 5.82 Å². The van der Waals surface area contributed by atoms with Crippen molar-refractivity contribution < 1.29 is 19.1 Å². The average molecular weight is 416 g/mol. The molecule has 3 heterocycles. The summed E-state index contributed by atoms with van der Waals surface area (Å²) in [6.45, 7) is 2.93. The Morgan fingerprint density at radius 3 is 2.70 bits per heavy atom. The Bertz CT molecular complexity index is 843. The number of rotatable bonds is 4. The van der Waals surface area contributed by atoms with Gasteiger partial charge in [0.2, 0.25) is 5.91 Å². The Kier molecular flexibility index (Phi) is 5.17. The monoisotopic (exact) mass is 415 g/mol. The fourth-order valence-electron chi connectivity index (χ4n) is 5.90. The lowest BCUT2D eigenvalue weighted by molar-refractivity contribution is -0.123. The van der Waals surface area contributed by atoms with Gasteiger partial charge in [-0.15, -0.1) is 0 Å². The molecular weight excluding hydrogens is 385 g/mol. The molecule has 3 saturated heterocycles. The van der Waals surface area contributed by atoms with Crippen LogP contribution in [0.4, 0.5) is 4.39 Å². The average Bonchev–Trinajstić information content (AvgIpc) is 3.58. The van der Waals surface area contributed by atoms with Crippen LogP contribution in [-0.2, 0) is 4.79 Å². The van der Waals surface area contributed by atoms with Crippen molar-refractivity contribution in [3.8, 4) is 5.75 Å². The number of likely N-dealkylation sites (tertiary alicyclic amines) is 1. The fraction of sp³-hybridized carbons (Fsp3) is 0.652. The third-order valence-electron chi connectivity index (χ3n) is 7.53. The SMILES string of the molecule is O=C(NC[C@H]1[C@H]2C[C@H](CN(C(=O)c3ccc(O)cc3F)C2)[C@@H]2CCCCN21)C1CC1. The van der Waals surface area contributed by atoms with Gasteiger partial charge in [-0.2, -0.15) is 0 Å². The zero-order chi connectivity index (χ0) is 20.8. The second-order valence-corrected chi connectivity index (χ2v) is 9.52. The molecule has 4 atom stereocenters. The first kappa shape index (κ1) is 19.8. The molecule has 6 nitrogen and oxygen atoms in total. The van der Waals surface area contributed by atoms with Gasteiger partial charge in [-0.05, 0) is 62.6 Å². The van der Waals surface area contributed by atoms with Crippen LogP contribution in [0.15, 0.2) is 18.2 Å². The molecule has 1 aromatic carbocycles. The lowest BCUT2D eigenvalue weighted by Crippen LogP contribution is -2.66. The summed E-state index contributed by atoms with van der Waals surface area (Å²) in [5.74, 6) is -0.120. The first-order valence-corrected chi connectivity index (χ1v) is 11.3.